The molecule has 0 fully saturated rings. The molecule has 0 heterocycles. The number of anilines is 2. The topological polar surface area (TPSA) is 55.6 Å². The molecule has 0 aliphatic carbocycles. The first kappa shape index (κ1) is 14.8. The maximum atomic E-state index is 13.4. The summed E-state index contributed by atoms with van der Waals surface area (Å²) in [5.74, 6) is -1.81. The Labute approximate surface area is 120 Å². The Morgan fingerprint density at radius 1 is 1.14 bits per heavy atom. The van der Waals surface area contributed by atoms with Gasteiger partial charge in [0.15, 0.2) is 0 Å². The van der Waals surface area contributed by atoms with E-state index in [0.29, 0.717) is 11.4 Å². The molecule has 0 saturated heterocycles. The molecule has 2 N–H and O–H groups in total. The van der Waals surface area contributed by atoms with Crippen molar-refractivity contribution < 1.29 is 18.3 Å². The number of benzene rings is 2. The summed E-state index contributed by atoms with van der Waals surface area (Å²) in [6.07, 6.45) is 0. The van der Waals surface area contributed by atoms with E-state index in [-0.39, 0.29) is 5.56 Å². The molecule has 110 valence electrons. The number of halogens is 2. The van der Waals surface area contributed by atoms with Gasteiger partial charge in [-0.05, 0) is 36.4 Å². The van der Waals surface area contributed by atoms with Gasteiger partial charge in [-0.3, -0.25) is 4.79 Å². The number of nitrogen functional groups attached to an aromatic ring is 1. The van der Waals surface area contributed by atoms with Crippen LogP contribution in [0.3, 0.4) is 0 Å². The van der Waals surface area contributed by atoms with Gasteiger partial charge in [0.1, 0.15) is 23.1 Å². The third kappa shape index (κ3) is 2.94. The van der Waals surface area contributed by atoms with Crippen LogP contribution in [0.1, 0.15) is 10.4 Å². The van der Waals surface area contributed by atoms with E-state index < -0.39 is 23.2 Å². The van der Waals surface area contributed by atoms with Crippen LogP contribution in [0.25, 0.3) is 0 Å². The van der Waals surface area contributed by atoms with E-state index in [2.05, 4.69) is 0 Å². The van der Waals surface area contributed by atoms with Crippen molar-refractivity contribution in [1.29, 1.82) is 0 Å². The van der Waals surface area contributed by atoms with Crippen LogP contribution in [-0.4, -0.2) is 20.1 Å². The van der Waals surface area contributed by atoms with Gasteiger partial charge in [0.25, 0.3) is 5.91 Å². The van der Waals surface area contributed by atoms with Crippen molar-refractivity contribution in [2.24, 2.45) is 0 Å². The maximum Gasteiger partial charge on any atom is 0.258 e. The van der Waals surface area contributed by atoms with Gasteiger partial charge >= 0.3 is 0 Å². The SMILES string of the molecule is COc1ccc(N(C)C(=O)c2cc(F)c(N)c(F)c2)cc1. The normalized spacial score (nSPS) is 10.3. The van der Waals surface area contributed by atoms with E-state index in [9.17, 15) is 13.6 Å². The summed E-state index contributed by atoms with van der Waals surface area (Å²) in [5.41, 5.74) is 5.04. The molecule has 0 unspecified atom stereocenters. The van der Waals surface area contributed by atoms with Crippen LogP contribution < -0.4 is 15.4 Å². The first-order valence-electron chi connectivity index (χ1n) is 6.10. The molecule has 0 radical (unpaired) electrons. The Morgan fingerprint density at radius 2 is 1.67 bits per heavy atom. The van der Waals surface area contributed by atoms with Crippen molar-refractivity contribution in [3.8, 4) is 5.75 Å². The number of carbonyl (C=O) groups excluding carboxylic acids is 1. The highest BCUT2D eigenvalue weighted by molar-refractivity contribution is 6.05. The lowest BCUT2D eigenvalue weighted by molar-refractivity contribution is 0.0992. The van der Waals surface area contributed by atoms with E-state index in [0.717, 1.165) is 12.1 Å². The molecule has 0 aliphatic rings. The summed E-state index contributed by atoms with van der Waals surface area (Å²) in [7, 11) is 3.04. The number of carbonyl (C=O) groups is 1. The molecule has 4 nitrogen and oxygen atoms in total. The zero-order valence-corrected chi connectivity index (χ0v) is 11.6. The third-order valence-corrected chi connectivity index (χ3v) is 3.09. The number of nitrogens with two attached hydrogens (primary N) is 1. The van der Waals surface area contributed by atoms with Crippen molar-refractivity contribution in [2.45, 2.75) is 0 Å². The Morgan fingerprint density at radius 3 is 2.14 bits per heavy atom. The molecule has 1 amide bonds. The molecule has 21 heavy (non-hydrogen) atoms. The van der Waals surface area contributed by atoms with Gasteiger partial charge in [0.05, 0.1) is 7.11 Å². The summed E-state index contributed by atoms with van der Waals surface area (Å²) in [6, 6.07) is 8.54. The molecule has 2 aromatic rings. The minimum atomic E-state index is -0.957. The van der Waals surface area contributed by atoms with Crippen molar-refractivity contribution in [3.63, 3.8) is 0 Å². The monoisotopic (exact) mass is 292 g/mol. The summed E-state index contributed by atoms with van der Waals surface area (Å²) < 4.78 is 31.8. The van der Waals surface area contributed by atoms with E-state index in [1.165, 1.54) is 19.1 Å². The average Bonchev–Trinajstić information content (AvgIpc) is 2.50. The first-order valence-corrected chi connectivity index (χ1v) is 6.10. The largest absolute Gasteiger partial charge is 0.497 e. The molecule has 2 rings (SSSR count). The van der Waals surface area contributed by atoms with Crippen LogP contribution in [0, 0.1) is 11.6 Å². The summed E-state index contributed by atoms with van der Waals surface area (Å²) >= 11 is 0. The molecular formula is C15H14F2N2O2. The average molecular weight is 292 g/mol. The van der Waals surface area contributed by atoms with Gasteiger partial charge in [-0.1, -0.05) is 0 Å². The van der Waals surface area contributed by atoms with Gasteiger partial charge in [0, 0.05) is 18.3 Å². The van der Waals surface area contributed by atoms with Crippen molar-refractivity contribution in [2.75, 3.05) is 24.8 Å². The van der Waals surface area contributed by atoms with Gasteiger partial charge < -0.3 is 15.4 Å². The van der Waals surface area contributed by atoms with Crippen molar-refractivity contribution >= 4 is 17.3 Å². The predicted molar refractivity (Wildman–Crippen MR) is 76.5 cm³/mol. The van der Waals surface area contributed by atoms with Crippen LogP contribution in [0.15, 0.2) is 36.4 Å². The number of ether oxygens (including phenoxy) is 1. The second-order valence-corrected chi connectivity index (χ2v) is 4.42. The van der Waals surface area contributed by atoms with Gasteiger partial charge in [-0.2, -0.15) is 0 Å². The molecule has 6 heteroatoms. The highest BCUT2D eigenvalue weighted by atomic mass is 19.1. The predicted octanol–water partition coefficient (Wildman–Crippen LogP) is 2.83. The van der Waals surface area contributed by atoms with Crippen LogP contribution in [-0.2, 0) is 0 Å². The molecule has 0 aromatic heterocycles. The number of hydrogen-bond acceptors (Lipinski definition) is 3. The number of nitrogens with zero attached hydrogens (tertiary/aromatic N) is 1. The van der Waals surface area contributed by atoms with E-state index in [1.807, 2.05) is 0 Å². The molecule has 2 aromatic carbocycles. The highest BCUT2D eigenvalue weighted by Gasteiger charge is 2.17. The van der Waals surface area contributed by atoms with E-state index in [1.54, 1.807) is 24.3 Å². The highest BCUT2D eigenvalue weighted by Crippen LogP contribution is 2.22. The summed E-state index contributed by atoms with van der Waals surface area (Å²) in [6.45, 7) is 0. The van der Waals surface area contributed by atoms with Gasteiger partial charge in [-0.15, -0.1) is 0 Å². The van der Waals surface area contributed by atoms with Crippen LogP contribution in [0.5, 0.6) is 5.75 Å². The van der Waals surface area contributed by atoms with Gasteiger partial charge in [0.2, 0.25) is 0 Å². The Balaban J connectivity index is 2.30. The fourth-order valence-electron chi connectivity index (χ4n) is 1.82. The molecule has 0 saturated carbocycles. The number of hydrogen-bond donors (Lipinski definition) is 1. The van der Waals surface area contributed by atoms with E-state index in [4.69, 9.17) is 10.5 Å². The molecule has 0 atom stereocenters. The number of rotatable bonds is 3. The van der Waals surface area contributed by atoms with Crippen LogP contribution in [0.4, 0.5) is 20.2 Å². The molecule has 0 aliphatic heterocycles. The minimum Gasteiger partial charge on any atom is -0.497 e. The first-order chi connectivity index (χ1) is 9.93. The van der Waals surface area contributed by atoms with Crippen LogP contribution >= 0.6 is 0 Å². The standard InChI is InChI=1S/C15H14F2N2O2/c1-19(10-3-5-11(21-2)6-4-10)15(20)9-7-12(16)14(18)13(17)8-9/h3-8H,18H2,1-2H3. The Hall–Kier alpha value is -2.63. The third-order valence-electron chi connectivity index (χ3n) is 3.09. The Bertz CT molecular complexity index is 649. The zero-order chi connectivity index (χ0) is 15.6. The molecule has 0 bridgehead atoms. The maximum absolute atomic E-state index is 13.4. The lowest BCUT2D eigenvalue weighted by atomic mass is 10.1. The van der Waals surface area contributed by atoms with Gasteiger partial charge in [-0.25, -0.2) is 8.78 Å². The fraction of sp³-hybridized carbons (Fsp3) is 0.133. The van der Waals surface area contributed by atoms with Crippen molar-refractivity contribution in [3.05, 3.63) is 53.6 Å². The second-order valence-electron chi connectivity index (χ2n) is 4.42. The lowest BCUT2D eigenvalue weighted by Crippen LogP contribution is -2.26. The molecule has 0 spiro atoms. The smallest absolute Gasteiger partial charge is 0.258 e. The second kappa shape index (κ2) is 5.78. The minimum absolute atomic E-state index is 0.113. The van der Waals surface area contributed by atoms with E-state index >= 15 is 0 Å². The lowest BCUT2D eigenvalue weighted by Gasteiger charge is -2.18. The zero-order valence-electron chi connectivity index (χ0n) is 11.6. The molecular weight excluding hydrogens is 278 g/mol. The summed E-state index contributed by atoms with van der Waals surface area (Å²) in [4.78, 5) is 13.5. The number of amides is 1. The summed E-state index contributed by atoms with van der Waals surface area (Å²) in [5, 5.41) is 0. The quantitative estimate of drug-likeness (QED) is 0.885. The fourth-order valence-corrected chi connectivity index (χ4v) is 1.82. The van der Waals surface area contributed by atoms with Crippen LogP contribution in [0.2, 0.25) is 0 Å². The Kier molecular flexibility index (Phi) is 4.07. The number of methoxy groups -OCH3 is 1. The van der Waals surface area contributed by atoms with Crippen molar-refractivity contribution in [1.82, 2.24) is 0 Å².